The van der Waals surface area contributed by atoms with Crippen LogP contribution in [0.25, 0.3) is 0 Å². The summed E-state index contributed by atoms with van der Waals surface area (Å²) in [6.07, 6.45) is 1.36. The summed E-state index contributed by atoms with van der Waals surface area (Å²) in [7, 11) is 0. The molecular formula is C12H25NO3. The summed E-state index contributed by atoms with van der Waals surface area (Å²) in [6.45, 7) is 9.45. The van der Waals surface area contributed by atoms with Crippen molar-refractivity contribution in [1.29, 1.82) is 0 Å². The van der Waals surface area contributed by atoms with Crippen LogP contribution in [0.1, 0.15) is 40.5 Å². The SMILES string of the molecule is CCOC(=O)C(C)(N)CCCOCC(C)C. The molecule has 0 bridgehead atoms. The molecular weight excluding hydrogens is 206 g/mol. The summed E-state index contributed by atoms with van der Waals surface area (Å²) in [5.74, 6) is 0.202. The lowest BCUT2D eigenvalue weighted by molar-refractivity contribution is -0.149. The van der Waals surface area contributed by atoms with Crippen LogP contribution in [-0.2, 0) is 14.3 Å². The maximum atomic E-state index is 11.4. The van der Waals surface area contributed by atoms with Gasteiger partial charge in [-0.15, -0.1) is 0 Å². The fourth-order valence-corrected chi connectivity index (χ4v) is 1.26. The highest BCUT2D eigenvalue weighted by Gasteiger charge is 2.29. The summed E-state index contributed by atoms with van der Waals surface area (Å²) in [6, 6.07) is 0. The lowest BCUT2D eigenvalue weighted by Crippen LogP contribution is -2.46. The van der Waals surface area contributed by atoms with Crippen molar-refractivity contribution in [2.24, 2.45) is 11.7 Å². The quantitative estimate of drug-likeness (QED) is 0.510. The molecule has 0 saturated heterocycles. The predicted molar refractivity (Wildman–Crippen MR) is 64.1 cm³/mol. The molecule has 0 aliphatic rings. The van der Waals surface area contributed by atoms with Crippen LogP contribution in [0.3, 0.4) is 0 Å². The van der Waals surface area contributed by atoms with Crippen LogP contribution in [0, 0.1) is 5.92 Å². The van der Waals surface area contributed by atoms with Crippen molar-refractivity contribution in [2.45, 2.75) is 46.1 Å². The third-order valence-electron chi connectivity index (χ3n) is 2.18. The van der Waals surface area contributed by atoms with Gasteiger partial charge in [-0.1, -0.05) is 13.8 Å². The zero-order valence-electron chi connectivity index (χ0n) is 10.9. The predicted octanol–water partition coefficient (Wildman–Crippen LogP) is 1.72. The number of hydrogen-bond acceptors (Lipinski definition) is 4. The maximum Gasteiger partial charge on any atom is 0.325 e. The van der Waals surface area contributed by atoms with E-state index >= 15 is 0 Å². The Kier molecular flexibility index (Phi) is 7.34. The molecule has 1 atom stereocenters. The average Bonchev–Trinajstić information content (AvgIpc) is 2.17. The summed E-state index contributed by atoms with van der Waals surface area (Å²) in [4.78, 5) is 11.4. The van der Waals surface area contributed by atoms with Crippen LogP contribution < -0.4 is 5.73 Å². The highest BCUT2D eigenvalue weighted by atomic mass is 16.5. The van der Waals surface area contributed by atoms with Crippen LogP contribution in [0.5, 0.6) is 0 Å². The van der Waals surface area contributed by atoms with Gasteiger partial charge in [-0.05, 0) is 32.6 Å². The number of carbonyl (C=O) groups is 1. The highest BCUT2D eigenvalue weighted by Crippen LogP contribution is 2.11. The molecule has 0 aliphatic carbocycles. The van der Waals surface area contributed by atoms with Gasteiger partial charge in [-0.3, -0.25) is 4.79 Å². The van der Waals surface area contributed by atoms with Crippen LogP contribution in [0.2, 0.25) is 0 Å². The Hall–Kier alpha value is -0.610. The molecule has 0 spiro atoms. The highest BCUT2D eigenvalue weighted by molar-refractivity contribution is 5.79. The monoisotopic (exact) mass is 231 g/mol. The van der Waals surface area contributed by atoms with E-state index in [2.05, 4.69) is 13.8 Å². The number of esters is 1. The normalized spacial score (nSPS) is 14.9. The lowest BCUT2D eigenvalue weighted by Gasteiger charge is -2.22. The average molecular weight is 231 g/mol. The molecule has 0 radical (unpaired) electrons. The van der Waals surface area contributed by atoms with E-state index < -0.39 is 5.54 Å². The lowest BCUT2D eigenvalue weighted by atomic mass is 9.98. The van der Waals surface area contributed by atoms with E-state index in [1.54, 1.807) is 13.8 Å². The molecule has 4 heteroatoms. The van der Waals surface area contributed by atoms with Gasteiger partial charge in [0.2, 0.25) is 0 Å². The van der Waals surface area contributed by atoms with E-state index in [-0.39, 0.29) is 5.97 Å². The first-order valence-electron chi connectivity index (χ1n) is 5.94. The second-order valence-corrected chi connectivity index (χ2v) is 4.71. The van der Waals surface area contributed by atoms with Crippen molar-refractivity contribution < 1.29 is 14.3 Å². The molecule has 0 aromatic heterocycles. The molecule has 0 rings (SSSR count). The fraction of sp³-hybridized carbons (Fsp3) is 0.917. The van der Waals surface area contributed by atoms with Crippen LogP contribution in [-0.4, -0.2) is 31.3 Å². The zero-order chi connectivity index (χ0) is 12.6. The Morgan fingerprint density at radius 1 is 1.44 bits per heavy atom. The van der Waals surface area contributed by atoms with Gasteiger partial charge >= 0.3 is 5.97 Å². The number of ether oxygens (including phenoxy) is 2. The van der Waals surface area contributed by atoms with Crippen LogP contribution in [0.15, 0.2) is 0 Å². The standard InChI is InChI=1S/C12H25NO3/c1-5-16-11(14)12(4,13)7-6-8-15-9-10(2)3/h10H,5-9,13H2,1-4H3. The smallest absolute Gasteiger partial charge is 0.325 e. The summed E-state index contributed by atoms with van der Waals surface area (Å²) in [5, 5.41) is 0. The van der Waals surface area contributed by atoms with Gasteiger partial charge in [0, 0.05) is 13.2 Å². The van der Waals surface area contributed by atoms with E-state index in [0.717, 1.165) is 13.0 Å². The van der Waals surface area contributed by atoms with Gasteiger partial charge in [0.25, 0.3) is 0 Å². The first kappa shape index (κ1) is 15.4. The van der Waals surface area contributed by atoms with Crippen molar-refractivity contribution in [1.82, 2.24) is 0 Å². The van der Waals surface area contributed by atoms with E-state index in [1.165, 1.54) is 0 Å². The summed E-state index contributed by atoms with van der Waals surface area (Å²) < 4.78 is 10.3. The molecule has 0 amide bonds. The van der Waals surface area contributed by atoms with Crippen molar-refractivity contribution >= 4 is 5.97 Å². The fourth-order valence-electron chi connectivity index (χ4n) is 1.26. The maximum absolute atomic E-state index is 11.4. The Bertz CT molecular complexity index is 202. The Balaban J connectivity index is 3.69. The van der Waals surface area contributed by atoms with E-state index in [0.29, 0.717) is 25.6 Å². The summed E-state index contributed by atoms with van der Waals surface area (Å²) >= 11 is 0. The van der Waals surface area contributed by atoms with Gasteiger partial charge in [-0.2, -0.15) is 0 Å². The van der Waals surface area contributed by atoms with Gasteiger partial charge in [0.05, 0.1) is 6.61 Å². The molecule has 4 nitrogen and oxygen atoms in total. The number of carbonyl (C=O) groups excluding carboxylic acids is 1. The van der Waals surface area contributed by atoms with Crippen molar-refractivity contribution in [2.75, 3.05) is 19.8 Å². The zero-order valence-corrected chi connectivity index (χ0v) is 10.9. The van der Waals surface area contributed by atoms with E-state index in [1.807, 2.05) is 0 Å². The molecule has 1 unspecified atom stereocenters. The van der Waals surface area contributed by atoms with Gasteiger partial charge < -0.3 is 15.2 Å². The van der Waals surface area contributed by atoms with E-state index in [4.69, 9.17) is 15.2 Å². The minimum Gasteiger partial charge on any atom is -0.465 e. The molecule has 0 aromatic rings. The Morgan fingerprint density at radius 3 is 2.56 bits per heavy atom. The minimum absolute atomic E-state index is 0.334. The third-order valence-corrected chi connectivity index (χ3v) is 2.18. The molecule has 0 heterocycles. The molecule has 2 N–H and O–H groups in total. The molecule has 0 saturated carbocycles. The largest absolute Gasteiger partial charge is 0.465 e. The molecule has 0 aromatic carbocycles. The summed E-state index contributed by atoms with van der Waals surface area (Å²) in [5.41, 5.74) is 4.97. The first-order valence-corrected chi connectivity index (χ1v) is 5.94. The van der Waals surface area contributed by atoms with Crippen LogP contribution >= 0.6 is 0 Å². The van der Waals surface area contributed by atoms with E-state index in [9.17, 15) is 4.79 Å². The molecule has 16 heavy (non-hydrogen) atoms. The van der Waals surface area contributed by atoms with Gasteiger partial charge in [0.15, 0.2) is 0 Å². The third kappa shape index (κ3) is 6.80. The van der Waals surface area contributed by atoms with Gasteiger partial charge in [0.1, 0.15) is 5.54 Å². The molecule has 0 fully saturated rings. The molecule has 96 valence electrons. The Labute approximate surface area is 98.5 Å². The minimum atomic E-state index is -0.892. The van der Waals surface area contributed by atoms with Gasteiger partial charge in [-0.25, -0.2) is 0 Å². The first-order chi connectivity index (χ1) is 7.40. The Morgan fingerprint density at radius 2 is 2.06 bits per heavy atom. The second-order valence-electron chi connectivity index (χ2n) is 4.71. The topological polar surface area (TPSA) is 61.5 Å². The van der Waals surface area contributed by atoms with Crippen molar-refractivity contribution in [3.63, 3.8) is 0 Å². The number of rotatable bonds is 8. The van der Waals surface area contributed by atoms with Crippen molar-refractivity contribution in [3.8, 4) is 0 Å². The number of nitrogens with two attached hydrogens (primary N) is 1. The number of hydrogen-bond donors (Lipinski definition) is 1. The molecule has 0 aliphatic heterocycles. The van der Waals surface area contributed by atoms with Crippen LogP contribution in [0.4, 0.5) is 0 Å². The van der Waals surface area contributed by atoms with Crippen molar-refractivity contribution in [3.05, 3.63) is 0 Å². The second kappa shape index (κ2) is 7.63.